The molecular formula is C11H11FN2OS. The van der Waals surface area contributed by atoms with Crippen molar-refractivity contribution in [2.45, 2.75) is 6.42 Å². The van der Waals surface area contributed by atoms with Crippen LogP contribution in [0.1, 0.15) is 5.56 Å². The van der Waals surface area contributed by atoms with E-state index in [2.05, 4.69) is 10.3 Å². The van der Waals surface area contributed by atoms with E-state index in [1.54, 1.807) is 23.9 Å². The molecule has 2 rings (SSSR count). The van der Waals surface area contributed by atoms with Crippen molar-refractivity contribution in [3.63, 3.8) is 0 Å². The molecule has 84 valence electrons. The summed E-state index contributed by atoms with van der Waals surface area (Å²) < 4.78 is 12.6. The standard InChI is InChI=1S/C11H11FN2OS/c12-9-3-1-8(2-4-9)7-10(15)14-11-13-5-6-16-11/h1-4H,5-7H2,(H,13,14,15). The predicted molar refractivity (Wildman–Crippen MR) is 63.0 cm³/mol. The minimum absolute atomic E-state index is 0.111. The molecular weight excluding hydrogens is 227 g/mol. The zero-order valence-corrected chi connectivity index (χ0v) is 9.39. The van der Waals surface area contributed by atoms with Crippen LogP contribution >= 0.6 is 11.8 Å². The second-order valence-corrected chi connectivity index (χ2v) is 4.47. The minimum Gasteiger partial charge on any atom is -0.305 e. The molecule has 0 atom stereocenters. The van der Waals surface area contributed by atoms with Gasteiger partial charge in [-0.3, -0.25) is 9.79 Å². The molecule has 0 saturated carbocycles. The first-order valence-corrected chi connectivity index (χ1v) is 5.94. The molecule has 1 amide bonds. The average molecular weight is 238 g/mol. The molecule has 0 radical (unpaired) electrons. The Morgan fingerprint density at radius 2 is 2.19 bits per heavy atom. The van der Waals surface area contributed by atoms with Crippen LogP contribution in [0.25, 0.3) is 0 Å². The second-order valence-electron chi connectivity index (χ2n) is 3.39. The van der Waals surface area contributed by atoms with Crippen molar-refractivity contribution in [3.8, 4) is 0 Å². The molecule has 0 fully saturated rings. The van der Waals surface area contributed by atoms with Gasteiger partial charge in [0.1, 0.15) is 5.82 Å². The first-order valence-electron chi connectivity index (χ1n) is 4.95. The van der Waals surface area contributed by atoms with E-state index in [4.69, 9.17) is 0 Å². The third-order valence-electron chi connectivity index (χ3n) is 2.11. The lowest BCUT2D eigenvalue weighted by molar-refractivity contribution is -0.119. The normalized spacial score (nSPS) is 14.7. The summed E-state index contributed by atoms with van der Waals surface area (Å²) in [5.74, 6) is 0.520. The van der Waals surface area contributed by atoms with Crippen LogP contribution in [0.15, 0.2) is 29.3 Å². The highest BCUT2D eigenvalue weighted by atomic mass is 32.2. The number of aliphatic imine (C=N–C) groups is 1. The van der Waals surface area contributed by atoms with Crippen molar-refractivity contribution in [1.29, 1.82) is 0 Å². The van der Waals surface area contributed by atoms with Gasteiger partial charge in [-0.1, -0.05) is 23.9 Å². The Labute approximate surface area is 97.1 Å². The zero-order valence-electron chi connectivity index (χ0n) is 8.57. The van der Waals surface area contributed by atoms with Crippen LogP contribution in [0.4, 0.5) is 4.39 Å². The van der Waals surface area contributed by atoms with Crippen LogP contribution in [0.5, 0.6) is 0 Å². The highest BCUT2D eigenvalue weighted by Crippen LogP contribution is 2.09. The Hall–Kier alpha value is -1.36. The van der Waals surface area contributed by atoms with Gasteiger partial charge in [-0.2, -0.15) is 0 Å². The largest absolute Gasteiger partial charge is 0.305 e. The maximum atomic E-state index is 12.6. The number of amidine groups is 1. The highest BCUT2D eigenvalue weighted by molar-refractivity contribution is 8.14. The van der Waals surface area contributed by atoms with Crippen LogP contribution in [-0.4, -0.2) is 23.4 Å². The summed E-state index contributed by atoms with van der Waals surface area (Å²) in [5.41, 5.74) is 0.794. The maximum absolute atomic E-state index is 12.6. The van der Waals surface area contributed by atoms with E-state index in [1.807, 2.05) is 0 Å². The van der Waals surface area contributed by atoms with Crippen LogP contribution in [-0.2, 0) is 11.2 Å². The lowest BCUT2D eigenvalue weighted by atomic mass is 10.1. The summed E-state index contributed by atoms with van der Waals surface area (Å²) in [6, 6.07) is 5.92. The molecule has 0 spiro atoms. The van der Waals surface area contributed by atoms with E-state index < -0.39 is 0 Å². The van der Waals surface area contributed by atoms with Crippen molar-refractivity contribution in [1.82, 2.24) is 5.32 Å². The van der Waals surface area contributed by atoms with Gasteiger partial charge >= 0.3 is 0 Å². The Bertz CT molecular complexity index is 416. The van der Waals surface area contributed by atoms with Crippen molar-refractivity contribution < 1.29 is 9.18 Å². The number of nitrogens with zero attached hydrogens (tertiary/aromatic N) is 1. The van der Waals surface area contributed by atoms with Gasteiger partial charge in [-0.15, -0.1) is 0 Å². The van der Waals surface area contributed by atoms with Gasteiger partial charge in [0.25, 0.3) is 0 Å². The monoisotopic (exact) mass is 238 g/mol. The molecule has 1 aromatic carbocycles. The van der Waals surface area contributed by atoms with Gasteiger partial charge in [0, 0.05) is 5.75 Å². The van der Waals surface area contributed by atoms with Gasteiger partial charge in [-0.05, 0) is 17.7 Å². The number of halogens is 1. The van der Waals surface area contributed by atoms with Crippen LogP contribution in [0.2, 0.25) is 0 Å². The summed E-state index contributed by atoms with van der Waals surface area (Å²) in [6.45, 7) is 0.761. The second kappa shape index (κ2) is 5.12. The highest BCUT2D eigenvalue weighted by Gasteiger charge is 2.11. The van der Waals surface area contributed by atoms with E-state index in [1.165, 1.54) is 12.1 Å². The van der Waals surface area contributed by atoms with E-state index >= 15 is 0 Å². The summed E-state index contributed by atoms with van der Waals surface area (Å²) in [6.07, 6.45) is 0.250. The van der Waals surface area contributed by atoms with Crippen LogP contribution < -0.4 is 5.32 Å². The Morgan fingerprint density at radius 3 is 2.81 bits per heavy atom. The number of thioether (sulfide) groups is 1. The van der Waals surface area contributed by atoms with Crippen molar-refractivity contribution in [2.24, 2.45) is 4.99 Å². The van der Waals surface area contributed by atoms with Crippen molar-refractivity contribution in [3.05, 3.63) is 35.6 Å². The molecule has 3 nitrogen and oxygen atoms in total. The van der Waals surface area contributed by atoms with Gasteiger partial charge in [0.2, 0.25) is 5.91 Å². The molecule has 0 aromatic heterocycles. The van der Waals surface area contributed by atoms with Gasteiger partial charge < -0.3 is 5.32 Å². The van der Waals surface area contributed by atoms with E-state index in [0.29, 0.717) is 5.17 Å². The topological polar surface area (TPSA) is 41.5 Å². The average Bonchev–Trinajstić information content (AvgIpc) is 2.74. The smallest absolute Gasteiger partial charge is 0.230 e. The lowest BCUT2D eigenvalue weighted by Crippen LogP contribution is -2.28. The predicted octanol–water partition coefficient (Wildman–Crippen LogP) is 1.59. The Kier molecular flexibility index (Phi) is 3.56. The fourth-order valence-electron chi connectivity index (χ4n) is 1.36. The number of rotatable bonds is 2. The molecule has 1 aliphatic heterocycles. The van der Waals surface area contributed by atoms with Crippen molar-refractivity contribution >= 4 is 22.8 Å². The third-order valence-corrected chi connectivity index (χ3v) is 3.00. The molecule has 0 aliphatic carbocycles. The van der Waals surface area contributed by atoms with E-state index in [-0.39, 0.29) is 18.1 Å². The number of carbonyl (C=O) groups is 1. The van der Waals surface area contributed by atoms with Crippen LogP contribution in [0, 0.1) is 5.82 Å². The number of benzene rings is 1. The van der Waals surface area contributed by atoms with Crippen LogP contribution in [0.3, 0.4) is 0 Å². The third kappa shape index (κ3) is 3.06. The van der Waals surface area contributed by atoms with E-state index in [9.17, 15) is 9.18 Å². The molecule has 16 heavy (non-hydrogen) atoms. The molecule has 1 N–H and O–H groups in total. The SMILES string of the molecule is O=C(Cc1ccc(F)cc1)NC1=NCCS1. The lowest BCUT2D eigenvalue weighted by Gasteiger charge is -2.03. The summed E-state index contributed by atoms with van der Waals surface area (Å²) in [7, 11) is 0. The molecule has 1 aromatic rings. The number of hydrogen-bond acceptors (Lipinski definition) is 3. The fraction of sp³-hybridized carbons (Fsp3) is 0.273. The maximum Gasteiger partial charge on any atom is 0.230 e. The van der Waals surface area contributed by atoms with Gasteiger partial charge in [-0.25, -0.2) is 4.39 Å². The first kappa shape index (κ1) is 11.1. The molecule has 5 heteroatoms. The number of nitrogens with one attached hydrogen (secondary N) is 1. The van der Waals surface area contributed by atoms with Gasteiger partial charge in [0.15, 0.2) is 5.17 Å². The van der Waals surface area contributed by atoms with Gasteiger partial charge in [0.05, 0.1) is 13.0 Å². The molecule has 1 aliphatic rings. The molecule has 0 bridgehead atoms. The Morgan fingerprint density at radius 1 is 1.44 bits per heavy atom. The molecule has 1 heterocycles. The minimum atomic E-state index is -0.292. The number of carbonyl (C=O) groups excluding carboxylic acids is 1. The molecule has 0 saturated heterocycles. The summed E-state index contributed by atoms with van der Waals surface area (Å²) in [5, 5.41) is 3.41. The fourth-order valence-corrected chi connectivity index (χ4v) is 2.11. The zero-order chi connectivity index (χ0) is 11.4. The summed E-state index contributed by atoms with van der Waals surface area (Å²) >= 11 is 1.54. The first-order chi connectivity index (χ1) is 7.74. The quantitative estimate of drug-likeness (QED) is 0.850. The summed E-state index contributed by atoms with van der Waals surface area (Å²) in [4.78, 5) is 15.7. The number of hydrogen-bond donors (Lipinski definition) is 1. The molecule has 0 unspecified atom stereocenters. The van der Waals surface area contributed by atoms with E-state index in [0.717, 1.165) is 17.9 Å². The number of amides is 1. The Balaban J connectivity index is 1.89. The van der Waals surface area contributed by atoms with Crippen molar-refractivity contribution in [2.75, 3.05) is 12.3 Å².